The molecule has 0 saturated heterocycles. The molecule has 92 valence electrons. The van der Waals surface area contributed by atoms with Gasteiger partial charge in [0.05, 0.1) is 5.56 Å². The van der Waals surface area contributed by atoms with E-state index in [2.05, 4.69) is 0 Å². The van der Waals surface area contributed by atoms with Crippen molar-refractivity contribution in [2.45, 2.75) is 9.79 Å². The van der Waals surface area contributed by atoms with Crippen LogP contribution >= 0.6 is 11.8 Å². The van der Waals surface area contributed by atoms with Gasteiger partial charge in [0.25, 0.3) is 0 Å². The van der Waals surface area contributed by atoms with Crippen molar-refractivity contribution < 1.29 is 18.7 Å². The first-order valence-electron chi connectivity index (χ1n) is 5.02. The third kappa shape index (κ3) is 2.87. The van der Waals surface area contributed by atoms with Crippen molar-refractivity contribution in [3.8, 4) is 0 Å². The molecule has 0 aliphatic carbocycles. The zero-order valence-electron chi connectivity index (χ0n) is 9.06. The van der Waals surface area contributed by atoms with Crippen LogP contribution < -0.4 is 0 Å². The molecule has 0 unspecified atom stereocenters. The molecule has 2 aromatic rings. The molecule has 0 spiro atoms. The second kappa shape index (κ2) is 5.18. The summed E-state index contributed by atoms with van der Waals surface area (Å²) in [5.74, 6) is -2.28. The van der Waals surface area contributed by atoms with Crippen molar-refractivity contribution in [1.29, 1.82) is 0 Å². The highest BCUT2D eigenvalue weighted by Gasteiger charge is 2.07. The van der Waals surface area contributed by atoms with E-state index in [-0.39, 0.29) is 5.56 Å². The molecule has 0 aliphatic heterocycles. The molecule has 5 heteroatoms. The highest BCUT2D eigenvalue weighted by molar-refractivity contribution is 7.99. The molecule has 0 heterocycles. The number of halogens is 2. The minimum atomic E-state index is -1.01. The number of rotatable bonds is 3. The van der Waals surface area contributed by atoms with Gasteiger partial charge < -0.3 is 5.11 Å². The summed E-state index contributed by atoms with van der Waals surface area (Å²) in [6, 6.07) is 9.37. The van der Waals surface area contributed by atoms with Gasteiger partial charge in [-0.25, -0.2) is 13.6 Å². The highest BCUT2D eigenvalue weighted by atomic mass is 32.2. The average Bonchev–Trinajstić information content (AvgIpc) is 2.33. The van der Waals surface area contributed by atoms with Gasteiger partial charge in [-0.1, -0.05) is 11.8 Å². The molecule has 0 saturated carbocycles. The lowest BCUT2D eigenvalue weighted by atomic mass is 10.2. The standard InChI is InChI=1S/C13H8F2O2S/c14-9-3-6-12(11(15)7-9)18-10-4-1-8(2-5-10)13(16)17/h1-7H,(H,16,17). The molecular formula is C13H8F2O2S. The van der Waals surface area contributed by atoms with E-state index in [9.17, 15) is 13.6 Å². The monoisotopic (exact) mass is 266 g/mol. The van der Waals surface area contributed by atoms with Gasteiger partial charge in [-0.05, 0) is 36.4 Å². The summed E-state index contributed by atoms with van der Waals surface area (Å²) in [5, 5.41) is 8.73. The molecule has 0 radical (unpaired) electrons. The summed E-state index contributed by atoms with van der Waals surface area (Å²) in [7, 11) is 0. The maximum Gasteiger partial charge on any atom is 0.335 e. The van der Waals surface area contributed by atoms with Crippen LogP contribution in [-0.4, -0.2) is 11.1 Å². The lowest BCUT2D eigenvalue weighted by Gasteiger charge is -2.03. The summed E-state index contributed by atoms with van der Waals surface area (Å²) in [4.78, 5) is 11.6. The second-order valence-corrected chi connectivity index (χ2v) is 4.62. The fourth-order valence-electron chi connectivity index (χ4n) is 1.35. The van der Waals surface area contributed by atoms with Crippen molar-refractivity contribution in [1.82, 2.24) is 0 Å². The Balaban J connectivity index is 2.21. The SMILES string of the molecule is O=C(O)c1ccc(Sc2ccc(F)cc2F)cc1. The quantitative estimate of drug-likeness (QED) is 0.917. The smallest absolute Gasteiger partial charge is 0.335 e. The number of hydrogen-bond donors (Lipinski definition) is 1. The zero-order valence-corrected chi connectivity index (χ0v) is 9.88. The van der Waals surface area contributed by atoms with E-state index in [1.165, 1.54) is 24.3 Å². The third-order valence-corrected chi connectivity index (χ3v) is 3.28. The fraction of sp³-hybridized carbons (Fsp3) is 0. The van der Waals surface area contributed by atoms with E-state index in [4.69, 9.17) is 5.11 Å². The number of carbonyl (C=O) groups is 1. The van der Waals surface area contributed by atoms with Crippen LogP contribution in [0.15, 0.2) is 52.3 Å². The van der Waals surface area contributed by atoms with Crippen LogP contribution in [0.2, 0.25) is 0 Å². The van der Waals surface area contributed by atoms with Crippen LogP contribution in [0.25, 0.3) is 0 Å². The van der Waals surface area contributed by atoms with Crippen LogP contribution in [0.3, 0.4) is 0 Å². The van der Waals surface area contributed by atoms with Gasteiger partial charge >= 0.3 is 5.97 Å². The van der Waals surface area contributed by atoms with Gasteiger partial charge in [-0.3, -0.25) is 0 Å². The molecule has 0 atom stereocenters. The Morgan fingerprint density at radius 2 is 1.72 bits per heavy atom. The number of aromatic carboxylic acids is 1. The average molecular weight is 266 g/mol. The molecule has 0 bridgehead atoms. The van der Waals surface area contributed by atoms with Crippen LogP contribution in [0.1, 0.15) is 10.4 Å². The molecule has 0 aliphatic rings. The summed E-state index contributed by atoms with van der Waals surface area (Å²) in [6.45, 7) is 0. The predicted molar refractivity (Wildman–Crippen MR) is 63.9 cm³/mol. The van der Waals surface area contributed by atoms with Crippen molar-refractivity contribution in [2.24, 2.45) is 0 Å². The van der Waals surface area contributed by atoms with Crippen molar-refractivity contribution in [3.63, 3.8) is 0 Å². The van der Waals surface area contributed by atoms with E-state index in [1.54, 1.807) is 12.1 Å². The third-order valence-electron chi connectivity index (χ3n) is 2.22. The maximum absolute atomic E-state index is 13.4. The maximum atomic E-state index is 13.4. The Morgan fingerprint density at radius 1 is 1.06 bits per heavy atom. The molecular weight excluding hydrogens is 258 g/mol. The molecule has 0 aromatic heterocycles. The van der Waals surface area contributed by atoms with Gasteiger partial charge in [0.15, 0.2) is 0 Å². The Morgan fingerprint density at radius 3 is 2.28 bits per heavy atom. The first-order chi connectivity index (χ1) is 8.56. The van der Waals surface area contributed by atoms with E-state index in [0.717, 1.165) is 17.8 Å². The van der Waals surface area contributed by atoms with Crippen LogP contribution in [0.4, 0.5) is 8.78 Å². The first-order valence-corrected chi connectivity index (χ1v) is 5.84. The fourth-order valence-corrected chi connectivity index (χ4v) is 2.17. The van der Waals surface area contributed by atoms with Crippen molar-refractivity contribution in [3.05, 3.63) is 59.7 Å². The molecule has 18 heavy (non-hydrogen) atoms. The Labute approximate surface area is 106 Å². The largest absolute Gasteiger partial charge is 0.478 e. The molecule has 0 amide bonds. The Kier molecular flexibility index (Phi) is 3.62. The second-order valence-electron chi connectivity index (χ2n) is 3.51. The topological polar surface area (TPSA) is 37.3 Å². The molecule has 1 N–H and O–H groups in total. The summed E-state index contributed by atoms with van der Waals surface area (Å²) in [5.41, 5.74) is 0.166. The van der Waals surface area contributed by atoms with Crippen LogP contribution in [0, 0.1) is 11.6 Å². The number of carboxylic acid groups (broad SMARTS) is 1. The van der Waals surface area contributed by atoms with Gasteiger partial charge in [0.1, 0.15) is 11.6 Å². The van der Waals surface area contributed by atoms with Crippen molar-refractivity contribution >= 4 is 17.7 Å². The molecule has 2 nitrogen and oxygen atoms in total. The van der Waals surface area contributed by atoms with Gasteiger partial charge in [-0.15, -0.1) is 0 Å². The van der Waals surface area contributed by atoms with Gasteiger partial charge in [0.2, 0.25) is 0 Å². The van der Waals surface area contributed by atoms with E-state index >= 15 is 0 Å². The Bertz CT molecular complexity index is 582. The minimum absolute atomic E-state index is 0.166. The van der Waals surface area contributed by atoms with Gasteiger partial charge in [-0.2, -0.15) is 0 Å². The normalized spacial score (nSPS) is 10.3. The first kappa shape index (κ1) is 12.6. The lowest BCUT2D eigenvalue weighted by molar-refractivity contribution is 0.0697. The zero-order chi connectivity index (χ0) is 13.1. The lowest BCUT2D eigenvalue weighted by Crippen LogP contribution is -1.94. The summed E-state index contributed by atoms with van der Waals surface area (Å²) < 4.78 is 26.1. The van der Waals surface area contributed by atoms with Crippen molar-refractivity contribution in [2.75, 3.05) is 0 Å². The van der Waals surface area contributed by atoms with E-state index in [1.807, 2.05) is 0 Å². The minimum Gasteiger partial charge on any atom is -0.478 e. The number of hydrogen-bond acceptors (Lipinski definition) is 2. The number of benzene rings is 2. The van der Waals surface area contributed by atoms with Crippen LogP contribution in [-0.2, 0) is 0 Å². The summed E-state index contributed by atoms with van der Waals surface area (Å²) >= 11 is 1.11. The molecule has 2 rings (SSSR count). The molecule has 2 aromatic carbocycles. The highest BCUT2D eigenvalue weighted by Crippen LogP contribution is 2.30. The summed E-state index contributed by atoms with van der Waals surface area (Å²) in [6.07, 6.45) is 0. The number of carboxylic acids is 1. The van der Waals surface area contributed by atoms with E-state index in [0.29, 0.717) is 9.79 Å². The van der Waals surface area contributed by atoms with Crippen LogP contribution in [0.5, 0.6) is 0 Å². The van der Waals surface area contributed by atoms with Gasteiger partial charge in [0, 0.05) is 15.9 Å². The Hall–Kier alpha value is -1.88. The van der Waals surface area contributed by atoms with E-state index < -0.39 is 17.6 Å². The predicted octanol–water partition coefficient (Wildman–Crippen LogP) is 3.81. The molecule has 0 fully saturated rings.